The topological polar surface area (TPSA) is 84.7 Å². The van der Waals surface area contributed by atoms with Crippen molar-refractivity contribution in [3.05, 3.63) is 45.9 Å². The molecule has 0 bridgehead atoms. The minimum atomic E-state index is -0.425. The minimum absolute atomic E-state index is 0.160. The molecule has 7 nitrogen and oxygen atoms in total. The van der Waals surface area contributed by atoms with Gasteiger partial charge in [0.25, 0.3) is 0 Å². The van der Waals surface area contributed by atoms with Crippen molar-refractivity contribution in [3.8, 4) is 22.6 Å². The van der Waals surface area contributed by atoms with E-state index in [0.717, 1.165) is 58.5 Å². The van der Waals surface area contributed by atoms with Gasteiger partial charge in [-0.1, -0.05) is 5.16 Å². The molecular weight excluding hydrogens is 421 g/mol. The highest BCUT2D eigenvalue weighted by Crippen LogP contribution is 2.40. The number of fused-ring (bicyclic) bond motifs is 3. The first-order valence-electron chi connectivity index (χ1n) is 10.1. The lowest BCUT2D eigenvalue weighted by Gasteiger charge is -2.15. The number of aromatic nitrogens is 1. The zero-order valence-electron chi connectivity index (χ0n) is 16.8. The number of anilines is 1. The fraction of sp³-hybridized carbons (Fsp3) is 0.318. The number of nitrogens with zero attached hydrogens (tertiary/aromatic N) is 2. The number of amides is 2. The predicted molar refractivity (Wildman–Crippen MR) is 114 cm³/mol. The SMILES string of the molecule is CC(=O)NC[C@H]1CN(c2ccc3c(c2)CCCc2c(-c4csc(F)c4)noc2-3)C(=O)O1. The van der Waals surface area contributed by atoms with Crippen molar-refractivity contribution in [2.75, 3.05) is 18.0 Å². The van der Waals surface area contributed by atoms with Crippen molar-refractivity contribution >= 4 is 29.0 Å². The molecule has 1 aromatic carbocycles. The Bertz CT molecular complexity index is 1170. The Kier molecular flexibility index (Phi) is 4.97. The van der Waals surface area contributed by atoms with E-state index in [4.69, 9.17) is 9.26 Å². The fourth-order valence-corrected chi connectivity index (χ4v) is 4.76. The minimum Gasteiger partial charge on any atom is -0.442 e. The largest absolute Gasteiger partial charge is 0.442 e. The summed E-state index contributed by atoms with van der Waals surface area (Å²) in [6, 6.07) is 7.27. The van der Waals surface area contributed by atoms with E-state index >= 15 is 0 Å². The van der Waals surface area contributed by atoms with E-state index in [9.17, 15) is 14.0 Å². The first kappa shape index (κ1) is 19.7. The molecule has 1 atom stereocenters. The van der Waals surface area contributed by atoms with E-state index in [0.29, 0.717) is 18.0 Å². The highest BCUT2D eigenvalue weighted by molar-refractivity contribution is 7.08. The highest BCUT2D eigenvalue weighted by atomic mass is 32.1. The maximum Gasteiger partial charge on any atom is 0.414 e. The predicted octanol–water partition coefficient (Wildman–Crippen LogP) is 4.16. The lowest BCUT2D eigenvalue weighted by Crippen LogP contribution is -2.33. The molecule has 1 aliphatic heterocycles. The second kappa shape index (κ2) is 7.81. The van der Waals surface area contributed by atoms with Crippen molar-refractivity contribution in [3.63, 3.8) is 0 Å². The summed E-state index contributed by atoms with van der Waals surface area (Å²) < 4.78 is 24.6. The molecule has 2 aromatic heterocycles. The average molecular weight is 441 g/mol. The van der Waals surface area contributed by atoms with Gasteiger partial charge in [-0.3, -0.25) is 9.69 Å². The molecule has 160 valence electrons. The van der Waals surface area contributed by atoms with Gasteiger partial charge < -0.3 is 14.6 Å². The van der Waals surface area contributed by atoms with Gasteiger partial charge in [0.05, 0.1) is 13.1 Å². The molecule has 9 heteroatoms. The number of ether oxygens (including phenoxy) is 1. The zero-order chi connectivity index (χ0) is 21.5. The van der Waals surface area contributed by atoms with Crippen molar-refractivity contribution < 1.29 is 23.2 Å². The number of benzene rings is 1. The van der Waals surface area contributed by atoms with Crippen LogP contribution >= 0.6 is 11.3 Å². The summed E-state index contributed by atoms with van der Waals surface area (Å²) in [6.07, 6.45) is 1.68. The molecule has 2 amide bonds. The molecule has 3 heterocycles. The van der Waals surface area contributed by atoms with E-state index in [1.54, 1.807) is 10.3 Å². The third-order valence-corrected chi connectivity index (χ3v) is 6.31. The number of hydrogen-bond acceptors (Lipinski definition) is 6. The van der Waals surface area contributed by atoms with Crippen LogP contribution in [-0.2, 0) is 22.4 Å². The van der Waals surface area contributed by atoms with E-state index in [-0.39, 0.29) is 23.7 Å². The molecule has 1 saturated heterocycles. The lowest BCUT2D eigenvalue weighted by atomic mass is 10.0. The van der Waals surface area contributed by atoms with Crippen LogP contribution in [0.2, 0.25) is 0 Å². The molecule has 3 aromatic rings. The molecule has 1 aliphatic carbocycles. The van der Waals surface area contributed by atoms with E-state index in [1.807, 2.05) is 18.2 Å². The van der Waals surface area contributed by atoms with Crippen molar-refractivity contribution in [2.45, 2.75) is 32.3 Å². The molecular formula is C22H20FN3O4S. The number of nitrogens with one attached hydrogen (secondary N) is 1. The van der Waals surface area contributed by atoms with Crippen LogP contribution in [0, 0.1) is 5.13 Å². The molecule has 0 radical (unpaired) electrons. The van der Waals surface area contributed by atoms with Gasteiger partial charge in [-0.15, -0.1) is 11.3 Å². The third-order valence-electron chi connectivity index (χ3n) is 5.60. The number of aryl methyl sites for hydroxylation is 1. The van der Waals surface area contributed by atoms with Crippen LogP contribution in [0.15, 0.2) is 34.2 Å². The van der Waals surface area contributed by atoms with Gasteiger partial charge in [0.1, 0.15) is 11.8 Å². The smallest absolute Gasteiger partial charge is 0.414 e. The summed E-state index contributed by atoms with van der Waals surface area (Å²) >= 11 is 1.04. The molecule has 1 fully saturated rings. The van der Waals surface area contributed by atoms with Crippen LogP contribution in [0.1, 0.15) is 24.5 Å². The summed E-state index contributed by atoms with van der Waals surface area (Å²) in [4.78, 5) is 25.1. The summed E-state index contributed by atoms with van der Waals surface area (Å²) in [6.45, 7) is 2.09. The number of hydrogen-bond donors (Lipinski definition) is 1. The van der Waals surface area contributed by atoms with Crippen LogP contribution in [0.4, 0.5) is 14.9 Å². The molecule has 2 aliphatic rings. The van der Waals surface area contributed by atoms with Crippen molar-refractivity contribution in [2.24, 2.45) is 0 Å². The summed E-state index contributed by atoms with van der Waals surface area (Å²) in [5.41, 5.74) is 5.16. The van der Waals surface area contributed by atoms with Crippen LogP contribution in [0.25, 0.3) is 22.6 Å². The number of carbonyl (C=O) groups is 2. The fourth-order valence-electron chi connectivity index (χ4n) is 4.14. The molecule has 1 N–H and O–H groups in total. The number of thiophene rings is 1. The summed E-state index contributed by atoms with van der Waals surface area (Å²) in [5.74, 6) is 0.542. The van der Waals surface area contributed by atoms with Gasteiger partial charge in [-0.2, -0.15) is 4.39 Å². The van der Waals surface area contributed by atoms with Gasteiger partial charge in [0, 0.05) is 34.7 Å². The third kappa shape index (κ3) is 3.69. The quantitative estimate of drug-likeness (QED) is 0.657. The molecule has 0 saturated carbocycles. The Hall–Kier alpha value is -3.20. The maximum atomic E-state index is 13.5. The van der Waals surface area contributed by atoms with Crippen molar-refractivity contribution in [1.29, 1.82) is 0 Å². The molecule has 31 heavy (non-hydrogen) atoms. The second-order valence-corrected chi connectivity index (χ2v) is 8.59. The Morgan fingerprint density at radius 1 is 1.35 bits per heavy atom. The van der Waals surface area contributed by atoms with Gasteiger partial charge in [0.2, 0.25) is 5.91 Å². The second-order valence-electron chi connectivity index (χ2n) is 7.73. The Labute approximate surface area is 181 Å². The van der Waals surface area contributed by atoms with Gasteiger partial charge in [0.15, 0.2) is 10.9 Å². The molecule has 0 unspecified atom stereocenters. The lowest BCUT2D eigenvalue weighted by molar-refractivity contribution is -0.119. The normalized spacial score (nSPS) is 17.7. The zero-order valence-corrected chi connectivity index (χ0v) is 17.6. The van der Waals surface area contributed by atoms with E-state index in [2.05, 4.69) is 10.5 Å². The van der Waals surface area contributed by atoms with Crippen LogP contribution in [0.5, 0.6) is 0 Å². The maximum absolute atomic E-state index is 13.5. The standard InChI is InChI=1S/C22H20FN3O4S/c1-12(27)24-9-16-10-26(22(28)29-16)15-5-6-17-13(7-15)3-2-4-18-20(25-30-21(17)18)14-8-19(23)31-11-14/h5-8,11,16H,2-4,9-10H2,1H3,(H,24,27)/t16-/m0/s1. The first-order chi connectivity index (χ1) is 15.0. The monoisotopic (exact) mass is 441 g/mol. The van der Waals surface area contributed by atoms with E-state index in [1.165, 1.54) is 13.0 Å². The van der Waals surface area contributed by atoms with Crippen LogP contribution < -0.4 is 10.2 Å². The van der Waals surface area contributed by atoms with Gasteiger partial charge >= 0.3 is 6.09 Å². The molecule has 5 rings (SSSR count). The Morgan fingerprint density at radius 2 is 2.23 bits per heavy atom. The van der Waals surface area contributed by atoms with Gasteiger partial charge in [-0.05, 0) is 49.1 Å². The van der Waals surface area contributed by atoms with Gasteiger partial charge in [-0.25, -0.2) is 4.79 Å². The number of rotatable bonds is 4. The van der Waals surface area contributed by atoms with E-state index < -0.39 is 6.09 Å². The summed E-state index contributed by atoms with van der Waals surface area (Å²) in [5, 5.41) is 8.40. The van der Waals surface area contributed by atoms with Crippen LogP contribution in [0.3, 0.4) is 0 Å². The number of carbonyl (C=O) groups excluding carboxylic acids is 2. The summed E-state index contributed by atoms with van der Waals surface area (Å²) in [7, 11) is 0. The Balaban J connectivity index is 1.43. The average Bonchev–Trinajstić information content (AvgIpc) is 3.42. The number of cyclic esters (lactones) is 1. The Morgan fingerprint density at radius 3 is 3.00 bits per heavy atom. The highest BCUT2D eigenvalue weighted by Gasteiger charge is 2.33. The van der Waals surface area contributed by atoms with Crippen molar-refractivity contribution in [1.82, 2.24) is 10.5 Å². The number of halogens is 1. The first-order valence-corrected chi connectivity index (χ1v) is 11.0. The van der Waals surface area contributed by atoms with Crippen LogP contribution in [-0.4, -0.2) is 36.4 Å². The molecule has 0 spiro atoms.